The molecule has 0 spiro atoms. The van der Waals surface area contributed by atoms with Crippen molar-refractivity contribution in [2.24, 2.45) is 0 Å². The molecule has 0 unspecified atom stereocenters. The third kappa shape index (κ3) is 4.48. The SMILES string of the molecule is C[C@@H](O)/C=C\CCc1ccccc1. The molecule has 0 aliphatic rings. The molecular formula is C12H16O. The lowest BCUT2D eigenvalue weighted by molar-refractivity contribution is 0.244. The highest BCUT2D eigenvalue weighted by molar-refractivity contribution is 5.15. The number of aliphatic hydroxyl groups is 1. The van der Waals surface area contributed by atoms with Gasteiger partial charge in [0.2, 0.25) is 0 Å². The molecule has 0 aromatic heterocycles. The third-order valence-corrected chi connectivity index (χ3v) is 1.86. The maximum atomic E-state index is 8.96. The summed E-state index contributed by atoms with van der Waals surface area (Å²) in [5.41, 5.74) is 1.35. The molecule has 1 rings (SSSR count). The van der Waals surface area contributed by atoms with Gasteiger partial charge in [0.15, 0.2) is 0 Å². The smallest absolute Gasteiger partial charge is 0.0692 e. The molecule has 0 radical (unpaired) electrons. The molecule has 0 amide bonds. The second-order valence-corrected chi connectivity index (χ2v) is 3.19. The van der Waals surface area contributed by atoms with Crippen molar-refractivity contribution in [1.29, 1.82) is 0 Å². The molecule has 0 saturated carbocycles. The minimum Gasteiger partial charge on any atom is -0.389 e. The molecule has 70 valence electrons. The summed E-state index contributed by atoms with van der Waals surface area (Å²) in [6.45, 7) is 1.76. The summed E-state index contributed by atoms with van der Waals surface area (Å²) in [5, 5.41) is 8.96. The number of aryl methyl sites for hydroxylation is 1. The summed E-state index contributed by atoms with van der Waals surface area (Å²) in [6.07, 6.45) is 5.57. The number of benzene rings is 1. The summed E-state index contributed by atoms with van der Waals surface area (Å²) in [7, 11) is 0. The standard InChI is InChI=1S/C12H16O/c1-11(13)7-5-6-10-12-8-3-2-4-9-12/h2-5,7-9,11,13H,6,10H2,1H3/b7-5-/t11-/m1/s1. The first-order chi connectivity index (χ1) is 6.29. The van der Waals surface area contributed by atoms with E-state index in [9.17, 15) is 0 Å². The van der Waals surface area contributed by atoms with Crippen LogP contribution in [-0.2, 0) is 6.42 Å². The van der Waals surface area contributed by atoms with E-state index in [1.165, 1.54) is 5.56 Å². The zero-order valence-electron chi connectivity index (χ0n) is 7.98. The van der Waals surface area contributed by atoms with Crippen LogP contribution in [0.25, 0.3) is 0 Å². The van der Waals surface area contributed by atoms with Gasteiger partial charge in [0.05, 0.1) is 6.10 Å². The summed E-state index contributed by atoms with van der Waals surface area (Å²) < 4.78 is 0. The second-order valence-electron chi connectivity index (χ2n) is 3.19. The lowest BCUT2D eigenvalue weighted by Gasteiger charge is -1.97. The molecule has 1 aromatic rings. The largest absolute Gasteiger partial charge is 0.389 e. The number of rotatable bonds is 4. The van der Waals surface area contributed by atoms with Crippen molar-refractivity contribution in [3.63, 3.8) is 0 Å². The van der Waals surface area contributed by atoms with Crippen molar-refractivity contribution in [2.45, 2.75) is 25.9 Å². The van der Waals surface area contributed by atoms with E-state index >= 15 is 0 Å². The molecule has 0 aliphatic heterocycles. The Morgan fingerprint density at radius 3 is 2.62 bits per heavy atom. The van der Waals surface area contributed by atoms with E-state index in [4.69, 9.17) is 5.11 Å². The van der Waals surface area contributed by atoms with Crippen molar-refractivity contribution >= 4 is 0 Å². The van der Waals surface area contributed by atoms with Crippen LogP contribution in [0.15, 0.2) is 42.5 Å². The topological polar surface area (TPSA) is 20.2 Å². The van der Waals surface area contributed by atoms with Crippen LogP contribution in [-0.4, -0.2) is 11.2 Å². The van der Waals surface area contributed by atoms with Gasteiger partial charge in [-0.05, 0) is 25.3 Å². The van der Waals surface area contributed by atoms with Gasteiger partial charge in [-0.3, -0.25) is 0 Å². The van der Waals surface area contributed by atoms with Gasteiger partial charge in [-0.2, -0.15) is 0 Å². The molecule has 0 aliphatic carbocycles. The van der Waals surface area contributed by atoms with Crippen LogP contribution >= 0.6 is 0 Å². The van der Waals surface area contributed by atoms with E-state index in [2.05, 4.69) is 12.1 Å². The number of hydrogen-bond donors (Lipinski definition) is 1. The molecule has 1 nitrogen and oxygen atoms in total. The molecule has 0 fully saturated rings. The summed E-state index contributed by atoms with van der Waals surface area (Å²) in [6, 6.07) is 10.4. The fourth-order valence-electron chi connectivity index (χ4n) is 1.19. The van der Waals surface area contributed by atoms with Gasteiger partial charge in [-0.25, -0.2) is 0 Å². The fraction of sp³-hybridized carbons (Fsp3) is 0.333. The van der Waals surface area contributed by atoms with E-state index in [1.54, 1.807) is 6.92 Å². The van der Waals surface area contributed by atoms with Crippen molar-refractivity contribution in [1.82, 2.24) is 0 Å². The molecule has 1 aromatic carbocycles. The Labute approximate surface area is 79.7 Å². The minimum absolute atomic E-state index is 0.323. The van der Waals surface area contributed by atoms with Crippen LogP contribution in [0.1, 0.15) is 18.9 Å². The third-order valence-electron chi connectivity index (χ3n) is 1.86. The average molecular weight is 176 g/mol. The van der Waals surface area contributed by atoms with Gasteiger partial charge in [0.1, 0.15) is 0 Å². The van der Waals surface area contributed by atoms with E-state index < -0.39 is 0 Å². The van der Waals surface area contributed by atoms with Crippen molar-refractivity contribution in [3.8, 4) is 0 Å². The maximum Gasteiger partial charge on any atom is 0.0692 e. The van der Waals surface area contributed by atoms with Gasteiger partial charge < -0.3 is 5.11 Å². The Kier molecular flexibility index (Phi) is 4.27. The van der Waals surface area contributed by atoms with E-state index in [0.717, 1.165) is 12.8 Å². The first-order valence-corrected chi connectivity index (χ1v) is 4.67. The molecule has 0 saturated heterocycles. The van der Waals surface area contributed by atoms with Gasteiger partial charge in [-0.15, -0.1) is 0 Å². The Morgan fingerprint density at radius 2 is 2.00 bits per heavy atom. The van der Waals surface area contributed by atoms with Gasteiger partial charge in [0, 0.05) is 0 Å². The molecule has 0 heterocycles. The maximum absolute atomic E-state index is 8.96. The van der Waals surface area contributed by atoms with Crippen LogP contribution in [0.5, 0.6) is 0 Å². The van der Waals surface area contributed by atoms with Crippen LogP contribution in [0.4, 0.5) is 0 Å². The van der Waals surface area contributed by atoms with Crippen LogP contribution in [0.2, 0.25) is 0 Å². The second kappa shape index (κ2) is 5.55. The zero-order chi connectivity index (χ0) is 9.52. The minimum atomic E-state index is -0.323. The number of allylic oxidation sites excluding steroid dienone is 1. The Morgan fingerprint density at radius 1 is 1.31 bits per heavy atom. The first kappa shape index (κ1) is 10.0. The number of hydrogen-bond acceptors (Lipinski definition) is 1. The monoisotopic (exact) mass is 176 g/mol. The van der Waals surface area contributed by atoms with Gasteiger partial charge in [-0.1, -0.05) is 42.5 Å². The first-order valence-electron chi connectivity index (χ1n) is 4.67. The van der Waals surface area contributed by atoms with Gasteiger partial charge in [0.25, 0.3) is 0 Å². The number of aliphatic hydroxyl groups excluding tert-OH is 1. The highest BCUT2D eigenvalue weighted by atomic mass is 16.3. The predicted octanol–water partition coefficient (Wildman–Crippen LogP) is 2.56. The van der Waals surface area contributed by atoms with Gasteiger partial charge >= 0.3 is 0 Å². The highest BCUT2D eigenvalue weighted by Crippen LogP contribution is 2.02. The van der Waals surface area contributed by atoms with Crippen LogP contribution in [0, 0.1) is 0 Å². The lowest BCUT2D eigenvalue weighted by atomic mass is 10.1. The van der Waals surface area contributed by atoms with E-state index in [1.807, 2.05) is 30.4 Å². The van der Waals surface area contributed by atoms with Crippen LogP contribution in [0.3, 0.4) is 0 Å². The highest BCUT2D eigenvalue weighted by Gasteiger charge is 1.89. The van der Waals surface area contributed by atoms with E-state index in [-0.39, 0.29) is 6.10 Å². The molecular weight excluding hydrogens is 160 g/mol. The molecule has 1 N–H and O–H groups in total. The zero-order valence-corrected chi connectivity index (χ0v) is 7.98. The molecule has 13 heavy (non-hydrogen) atoms. The van der Waals surface area contributed by atoms with E-state index in [0.29, 0.717) is 0 Å². The van der Waals surface area contributed by atoms with Crippen molar-refractivity contribution < 1.29 is 5.11 Å². The quantitative estimate of drug-likeness (QED) is 0.699. The molecule has 1 atom stereocenters. The lowest BCUT2D eigenvalue weighted by Crippen LogP contribution is -1.91. The van der Waals surface area contributed by atoms with Crippen molar-refractivity contribution in [3.05, 3.63) is 48.0 Å². The Hall–Kier alpha value is -1.08. The Bertz CT molecular complexity index is 249. The predicted molar refractivity (Wildman–Crippen MR) is 55.6 cm³/mol. The average Bonchev–Trinajstić information content (AvgIpc) is 2.14. The summed E-state index contributed by atoms with van der Waals surface area (Å²) in [4.78, 5) is 0. The molecule has 0 bridgehead atoms. The van der Waals surface area contributed by atoms with Crippen molar-refractivity contribution in [2.75, 3.05) is 0 Å². The Balaban J connectivity index is 2.28. The molecule has 1 heteroatoms. The van der Waals surface area contributed by atoms with Crippen LogP contribution < -0.4 is 0 Å². The normalized spacial score (nSPS) is 13.4. The summed E-state index contributed by atoms with van der Waals surface area (Å²) in [5.74, 6) is 0. The fourth-order valence-corrected chi connectivity index (χ4v) is 1.19. The summed E-state index contributed by atoms with van der Waals surface area (Å²) >= 11 is 0.